The van der Waals surface area contributed by atoms with E-state index in [1.165, 1.54) is 0 Å². The van der Waals surface area contributed by atoms with Crippen molar-refractivity contribution in [3.63, 3.8) is 0 Å². The average molecular weight is 842 g/mol. The zero-order valence-electron chi connectivity index (χ0n) is 8.55. The van der Waals surface area contributed by atoms with E-state index in [1.54, 1.807) is 0 Å². The van der Waals surface area contributed by atoms with Crippen LogP contribution in [0.25, 0.3) is 0 Å². The standard InChI is InChI=1S/18Na.5H2O3S.18H/c;;;;;;;;;;;;;;;;;;5*1-4(2)3;;;;;;;;;;;;;;;;;;/h;;;;;;;;;;;;;;;;;;5*(H2,1,2,3);;;;;;;;;;;;;;;;;;. The van der Waals surface area contributed by atoms with Crippen molar-refractivity contribution in [3.8, 4) is 0 Å². The second kappa shape index (κ2) is 147. The van der Waals surface area contributed by atoms with Gasteiger partial charge in [0.1, 0.15) is 0 Å². The van der Waals surface area contributed by atoms with E-state index in [0.717, 1.165) is 0 Å². The van der Waals surface area contributed by atoms with Crippen molar-refractivity contribution in [1.82, 2.24) is 0 Å². The molecular weight excluding hydrogens is 814 g/mol. The van der Waals surface area contributed by atoms with Gasteiger partial charge in [0.15, 0.2) is 0 Å². The molecule has 0 radical (unpaired) electrons. The SMILES string of the molecule is O=S(O)O.O=S(O)O.O=S(O)O.O=S(O)O.O=S(O)O.[NaH].[NaH].[NaH].[NaH].[NaH].[NaH].[NaH].[NaH].[NaH].[NaH].[NaH].[NaH].[NaH].[NaH].[NaH].[NaH].[NaH].[NaH]. The van der Waals surface area contributed by atoms with Crippen LogP contribution in [0.1, 0.15) is 0 Å². The van der Waals surface area contributed by atoms with Crippen molar-refractivity contribution in [3.05, 3.63) is 0 Å². The minimum absolute atomic E-state index is 0. The van der Waals surface area contributed by atoms with Crippen LogP contribution in [-0.2, 0) is 56.8 Å². The molecule has 0 spiro atoms. The number of rotatable bonds is 0. The van der Waals surface area contributed by atoms with E-state index in [0.29, 0.717) is 0 Å². The summed E-state index contributed by atoms with van der Waals surface area (Å²) in [5.41, 5.74) is 0. The van der Waals surface area contributed by atoms with Gasteiger partial charge in [0.05, 0.1) is 0 Å². The molecule has 15 nitrogen and oxygen atoms in total. The molecule has 0 rings (SSSR count). The molecule has 0 aliphatic rings. The second-order valence-electron chi connectivity index (χ2n) is 1.15. The number of hydrogen-bond donors (Lipinski definition) is 10. The van der Waals surface area contributed by atoms with Gasteiger partial charge in [-0.2, -0.15) is 21.0 Å². The molecule has 0 aliphatic heterocycles. The van der Waals surface area contributed by atoms with Gasteiger partial charge >= 0.3 is 532 Å². The molecule has 38 heavy (non-hydrogen) atoms. The Kier molecular flexibility index (Phi) is 600. The Hall–Kier alpha value is 18.4. The monoisotopic (exact) mass is 842 g/mol. The van der Waals surface area contributed by atoms with Gasteiger partial charge in [0.25, 0.3) is 56.8 Å². The van der Waals surface area contributed by atoms with Crippen molar-refractivity contribution in [2.45, 2.75) is 0 Å². The number of hydrogen-bond acceptors (Lipinski definition) is 5. The second-order valence-corrected chi connectivity index (χ2v) is 3.46. The first kappa shape index (κ1) is 155. The third-order valence-corrected chi connectivity index (χ3v) is 0. The van der Waals surface area contributed by atoms with E-state index < -0.39 is 56.8 Å². The topological polar surface area (TPSA) is 288 Å². The fourth-order valence-electron chi connectivity index (χ4n) is 0. The van der Waals surface area contributed by atoms with Crippen LogP contribution in [0.4, 0.5) is 0 Å². The summed E-state index contributed by atoms with van der Waals surface area (Å²) in [6, 6.07) is 0. The van der Waals surface area contributed by atoms with Crippen LogP contribution in [0.15, 0.2) is 0 Å². The summed E-state index contributed by atoms with van der Waals surface area (Å²) in [6.07, 6.45) is 0. The quantitative estimate of drug-likeness (QED) is 0.0801. The molecule has 0 aliphatic carbocycles. The third kappa shape index (κ3) is 459. The molecule has 10 N–H and O–H groups in total. The molecule has 0 atom stereocenters. The molecule has 0 saturated carbocycles. The van der Waals surface area contributed by atoms with Crippen LogP contribution in [0.3, 0.4) is 0 Å². The van der Waals surface area contributed by atoms with Gasteiger partial charge in [0.2, 0.25) is 0 Å². The summed E-state index contributed by atoms with van der Waals surface area (Å²) in [7, 11) is 0. The Morgan fingerprint density at radius 1 is 0.184 bits per heavy atom. The molecule has 0 bridgehead atoms. The molecule has 38 heteroatoms. The van der Waals surface area contributed by atoms with Crippen molar-refractivity contribution >= 4 is 589 Å². The van der Waals surface area contributed by atoms with E-state index >= 15 is 0 Å². The molecule has 0 unspecified atom stereocenters. The van der Waals surface area contributed by atoms with Crippen molar-refractivity contribution in [1.29, 1.82) is 0 Å². The van der Waals surface area contributed by atoms with Gasteiger partial charge in [-0.25, -0.2) is 0 Å². The van der Waals surface area contributed by atoms with Crippen LogP contribution in [-0.4, -0.2) is 599 Å². The van der Waals surface area contributed by atoms with E-state index in [9.17, 15) is 0 Å². The fourth-order valence-corrected chi connectivity index (χ4v) is 0. The van der Waals surface area contributed by atoms with Crippen molar-refractivity contribution < 1.29 is 66.6 Å². The summed E-state index contributed by atoms with van der Waals surface area (Å²) in [5.74, 6) is 0. The third-order valence-electron chi connectivity index (χ3n) is 0. The van der Waals surface area contributed by atoms with Gasteiger partial charge in [-0.3, -0.25) is 45.5 Å². The first-order chi connectivity index (χ1) is 8.66. The van der Waals surface area contributed by atoms with Crippen molar-refractivity contribution in [2.24, 2.45) is 0 Å². The normalized spacial score (nSPS) is 4.61. The molecule has 0 aromatic carbocycles. The van der Waals surface area contributed by atoms with Crippen LogP contribution in [0.2, 0.25) is 0 Å². The summed E-state index contributed by atoms with van der Waals surface area (Å²) in [6.45, 7) is 0. The van der Waals surface area contributed by atoms with Gasteiger partial charge in [-0.05, 0) is 0 Å². The van der Waals surface area contributed by atoms with Crippen molar-refractivity contribution in [2.75, 3.05) is 0 Å². The van der Waals surface area contributed by atoms with Gasteiger partial charge < -0.3 is 0 Å². The van der Waals surface area contributed by atoms with Gasteiger partial charge in [0, 0.05) is 0 Å². The summed E-state index contributed by atoms with van der Waals surface area (Å²) in [5, 5.41) is 0. The predicted molar refractivity (Wildman–Crippen MR) is 196 cm³/mol. The zero-order valence-corrected chi connectivity index (χ0v) is 12.6. The summed E-state index contributed by atoms with van der Waals surface area (Å²) >= 11 is -13.1. The summed E-state index contributed by atoms with van der Waals surface area (Å²) in [4.78, 5) is 0. The van der Waals surface area contributed by atoms with Crippen LogP contribution < -0.4 is 0 Å². The molecule has 0 aromatic heterocycles. The molecule has 0 amide bonds. The summed E-state index contributed by atoms with van der Waals surface area (Å²) < 4.78 is 114. The average Bonchev–Trinajstić information content (AvgIpc) is 1.94. The van der Waals surface area contributed by atoms with Crippen LogP contribution in [0, 0.1) is 0 Å². The first-order valence-electron chi connectivity index (χ1n) is 2.66. The Morgan fingerprint density at radius 3 is 0.184 bits per heavy atom. The van der Waals surface area contributed by atoms with E-state index in [4.69, 9.17) is 66.6 Å². The molecular formula is H28Na18O15S5. The fraction of sp³-hybridized carbons (Fsp3) is 0. The molecule has 0 heterocycles. The first-order valence-corrected chi connectivity index (χ1v) is 7.98. The molecule has 0 aromatic rings. The van der Waals surface area contributed by atoms with Crippen LogP contribution in [0.5, 0.6) is 0 Å². The molecule has 0 saturated heterocycles. The Bertz CT molecular complexity index is 239. The van der Waals surface area contributed by atoms with E-state index in [-0.39, 0.29) is 532 Å². The zero-order chi connectivity index (χ0) is 17.9. The van der Waals surface area contributed by atoms with Gasteiger partial charge in [-0.1, -0.05) is 0 Å². The van der Waals surface area contributed by atoms with E-state index in [2.05, 4.69) is 0 Å². The van der Waals surface area contributed by atoms with E-state index in [1.807, 2.05) is 0 Å². The Morgan fingerprint density at radius 2 is 0.184 bits per heavy atom. The molecule has 0 fully saturated rings. The Labute approximate surface area is 635 Å². The molecule has 166 valence electrons. The van der Waals surface area contributed by atoms with Gasteiger partial charge in [-0.15, -0.1) is 0 Å². The maximum atomic E-state index is 8.67. The van der Waals surface area contributed by atoms with Crippen LogP contribution >= 0.6 is 0 Å². The maximum absolute atomic E-state index is 8.67. The minimum atomic E-state index is -2.61. The Balaban J connectivity index is -0.00000000315. The predicted octanol–water partition coefficient (Wildman–Crippen LogP) is -13.3.